The molecule has 0 aromatic heterocycles. The van der Waals surface area contributed by atoms with Crippen molar-refractivity contribution in [1.82, 2.24) is 24.9 Å². The van der Waals surface area contributed by atoms with Crippen LogP contribution in [0.5, 0.6) is 0 Å². The van der Waals surface area contributed by atoms with Gasteiger partial charge in [0, 0.05) is 58.9 Å². The smallest absolute Gasteiger partial charge is 0.410 e. The van der Waals surface area contributed by atoms with Gasteiger partial charge in [0.05, 0.1) is 5.92 Å². The number of imide groups is 1. The lowest BCUT2D eigenvalue weighted by Gasteiger charge is -2.49. The SMILES string of the molecule is CC(C)C(OC(=O)N1CCN(C(=O)N2C(=O)[C@H](CCCN=C(N)N)[C@H]2C(=O)N2CCNCC2)CC1)C(C)C. The Balaban J connectivity index is 1.63. The second kappa shape index (κ2) is 13.1. The standard InChI is InChI=1S/C25H44N8O5/c1-16(2)20(17(3)4)38-25(37)32-14-12-31(13-15-32)24(36)33-19(22(35)30-10-8-28-9-11-30)18(21(33)34)6-5-7-29-23(26)27/h16-20,28H,5-15H2,1-4H3,(H4,26,27,29)/t18-,19+/m1/s1. The number of nitrogens with two attached hydrogens (primary N) is 2. The fourth-order valence-corrected chi connectivity index (χ4v) is 5.38. The molecule has 3 rings (SSSR count). The van der Waals surface area contributed by atoms with Crippen LogP contribution in [-0.4, -0.2) is 121 Å². The molecule has 0 bridgehead atoms. The summed E-state index contributed by atoms with van der Waals surface area (Å²) in [5.74, 6) is -0.791. The van der Waals surface area contributed by atoms with E-state index in [1.165, 1.54) is 4.90 Å². The van der Waals surface area contributed by atoms with Crippen molar-refractivity contribution in [3.05, 3.63) is 0 Å². The molecule has 2 atom stereocenters. The normalized spacial score (nSPS) is 22.1. The summed E-state index contributed by atoms with van der Waals surface area (Å²) in [7, 11) is 0. The average molecular weight is 537 g/mol. The molecule has 3 aliphatic heterocycles. The van der Waals surface area contributed by atoms with Crippen molar-refractivity contribution in [3.8, 4) is 0 Å². The van der Waals surface area contributed by atoms with Crippen LogP contribution in [0.3, 0.4) is 0 Å². The van der Waals surface area contributed by atoms with Gasteiger partial charge in [0.25, 0.3) is 0 Å². The van der Waals surface area contributed by atoms with Gasteiger partial charge in [-0.25, -0.2) is 9.59 Å². The Labute approximate surface area is 224 Å². The minimum Gasteiger partial charge on any atom is -0.446 e. The van der Waals surface area contributed by atoms with Crippen molar-refractivity contribution in [1.29, 1.82) is 0 Å². The van der Waals surface area contributed by atoms with Crippen molar-refractivity contribution in [2.45, 2.75) is 52.7 Å². The maximum Gasteiger partial charge on any atom is 0.410 e. The predicted molar refractivity (Wildman–Crippen MR) is 142 cm³/mol. The first kappa shape index (κ1) is 29.5. The fourth-order valence-electron chi connectivity index (χ4n) is 5.38. The highest BCUT2D eigenvalue weighted by Crippen LogP contribution is 2.33. The van der Waals surface area contributed by atoms with E-state index >= 15 is 0 Å². The van der Waals surface area contributed by atoms with Crippen LogP contribution in [0, 0.1) is 17.8 Å². The second-order valence-electron chi connectivity index (χ2n) is 10.9. The van der Waals surface area contributed by atoms with E-state index in [4.69, 9.17) is 16.2 Å². The molecule has 3 fully saturated rings. The number of hydrogen-bond donors (Lipinski definition) is 3. The monoisotopic (exact) mass is 536 g/mol. The summed E-state index contributed by atoms with van der Waals surface area (Å²) in [6.45, 7) is 11.9. The molecule has 5 amide bonds. The number of rotatable bonds is 8. The highest BCUT2D eigenvalue weighted by atomic mass is 16.6. The summed E-state index contributed by atoms with van der Waals surface area (Å²) in [6.07, 6.45) is 0.351. The average Bonchev–Trinajstić information content (AvgIpc) is 2.89. The second-order valence-corrected chi connectivity index (χ2v) is 10.9. The van der Waals surface area contributed by atoms with E-state index in [2.05, 4.69) is 10.3 Å². The summed E-state index contributed by atoms with van der Waals surface area (Å²) in [5.41, 5.74) is 10.8. The molecule has 214 valence electrons. The molecule has 13 heteroatoms. The van der Waals surface area contributed by atoms with E-state index in [1.54, 1.807) is 9.80 Å². The lowest BCUT2D eigenvalue weighted by atomic mass is 9.82. The molecule has 0 aromatic rings. The van der Waals surface area contributed by atoms with E-state index in [0.717, 1.165) is 4.90 Å². The van der Waals surface area contributed by atoms with Crippen LogP contribution < -0.4 is 16.8 Å². The number of piperazine rings is 2. The minimum absolute atomic E-state index is 0.0258. The molecule has 38 heavy (non-hydrogen) atoms. The maximum atomic E-state index is 13.4. The van der Waals surface area contributed by atoms with Crippen molar-refractivity contribution >= 4 is 29.9 Å². The molecule has 3 saturated heterocycles. The Morgan fingerprint density at radius 2 is 1.53 bits per heavy atom. The number of carbonyl (C=O) groups excluding carboxylic acids is 4. The Morgan fingerprint density at radius 3 is 2.08 bits per heavy atom. The van der Waals surface area contributed by atoms with Gasteiger partial charge in [0.2, 0.25) is 11.8 Å². The van der Waals surface area contributed by atoms with E-state index < -0.39 is 24.1 Å². The number of urea groups is 1. The number of nitrogens with zero attached hydrogens (tertiary/aromatic N) is 5. The van der Waals surface area contributed by atoms with Gasteiger partial charge in [-0.3, -0.25) is 19.5 Å². The zero-order valence-corrected chi connectivity index (χ0v) is 23.1. The van der Waals surface area contributed by atoms with Gasteiger partial charge in [-0.05, 0) is 24.7 Å². The number of amides is 5. The molecule has 0 aromatic carbocycles. The molecule has 0 unspecified atom stereocenters. The molecular weight excluding hydrogens is 492 g/mol. The topological polar surface area (TPSA) is 167 Å². The molecular formula is C25H44N8O5. The van der Waals surface area contributed by atoms with E-state index in [9.17, 15) is 19.2 Å². The Bertz CT molecular complexity index is 884. The third kappa shape index (κ3) is 6.86. The summed E-state index contributed by atoms with van der Waals surface area (Å²) < 4.78 is 5.74. The third-order valence-corrected chi connectivity index (χ3v) is 7.43. The number of hydrogen-bond acceptors (Lipinski definition) is 7. The molecule has 5 N–H and O–H groups in total. The van der Waals surface area contributed by atoms with Crippen LogP contribution in [-0.2, 0) is 14.3 Å². The molecule has 0 aliphatic carbocycles. The highest BCUT2D eigenvalue weighted by Gasteiger charge is 2.56. The number of β-lactam (4-membered cyclic amide) rings is 1. The summed E-state index contributed by atoms with van der Waals surface area (Å²) in [4.78, 5) is 62.6. The zero-order valence-electron chi connectivity index (χ0n) is 23.1. The highest BCUT2D eigenvalue weighted by molar-refractivity contribution is 6.09. The van der Waals surface area contributed by atoms with Crippen molar-refractivity contribution < 1.29 is 23.9 Å². The number of guanidine groups is 1. The lowest BCUT2D eigenvalue weighted by molar-refractivity contribution is -0.163. The third-order valence-electron chi connectivity index (χ3n) is 7.43. The van der Waals surface area contributed by atoms with Crippen molar-refractivity contribution in [3.63, 3.8) is 0 Å². The van der Waals surface area contributed by atoms with Gasteiger partial charge in [-0.1, -0.05) is 27.7 Å². The predicted octanol–water partition coefficient (Wildman–Crippen LogP) is -0.146. The van der Waals surface area contributed by atoms with Crippen LogP contribution in [0.4, 0.5) is 9.59 Å². The van der Waals surface area contributed by atoms with Gasteiger partial charge in [-0.2, -0.15) is 0 Å². The van der Waals surface area contributed by atoms with E-state index in [1.807, 2.05) is 27.7 Å². The van der Waals surface area contributed by atoms with Crippen LogP contribution in [0.25, 0.3) is 0 Å². The van der Waals surface area contributed by atoms with E-state index in [0.29, 0.717) is 58.7 Å². The molecule has 13 nitrogen and oxygen atoms in total. The van der Waals surface area contributed by atoms with Gasteiger partial charge < -0.3 is 36.2 Å². The summed E-state index contributed by atoms with van der Waals surface area (Å²) >= 11 is 0. The Hall–Kier alpha value is -3.09. The first-order valence-corrected chi connectivity index (χ1v) is 13.6. The zero-order chi connectivity index (χ0) is 28.0. The lowest BCUT2D eigenvalue weighted by Crippen LogP contribution is -2.71. The van der Waals surface area contributed by atoms with Gasteiger partial charge in [-0.15, -0.1) is 0 Å². The van der Waals surface area contributed by atoms with Crippen LogP contribution in [0.15, 0.2) is 4.99 Å². The number of nitrogens with one attached hydrogen (secondary N) is 1. The van der Waals surface area contributed by atoms with Crippen molar-refractivity contribution in [2.75, 3.05) is 58.9 Å². The van der Waals surface area contributed by atoms with Gasteiger partial charge >= 0.3 is 12.1 Å². The Kier molecular flexibility index (Phi) is 10.2. The van der Waals surface area contributed by atoms with Crippen LogP contribution in [0.2, 0.25) is 0 Å². The summed E-state index contributed by atoms with van der Waals surface area (Å²) in [6, 6.07) is -1.33. The first-order chi connectivity index (χ1) is 18.0. The number of ether oxygens (including phenoxy) is 1. The number of aliphatic imine (C=N–C) groups is 1. The van der Waals surface area contributed by atoms with E-state index in [-0.39, 0.29) is 48.8 Å². The van der Waals surface area contributed by atoms with Gasteiger partial charge in [0.15, 0.2) is 5.96 Å². The maximum absolute atomic E-state index is 13.4. The summed E-state index contributed by atoms with van der Waals surface area (Å²) in [5, 5.41) is 3.21. The fraction of sp³-hybridized carbons (Fsp3) is 0.800. The molecule has 0 spiro atoms. The van der Waals surface area contributed by atoms with Crippen LogP contribution >= 0.6 is 0 Å². The van der Waals surface area contributed by atoms with Crippen LogP contribution in [0.1, 0.15) is 40.5 Å². The number of likely N-dealkylation sites (tertiary alicyclic amines) is 1. The molecule has 0 saturated carbocycles. The largest absolute Gasteiger partial charge is 0.446 e. The van der Waals surface area contributed by atoms with Crippen molar-refractivity contribution in [2.24, 2.45) is 34.2 Å². The first-order valence-electron chi connectivity index (χ1n) is 13.6. The Morgan fingerprint density at radius 1 is 0.947 bits per heavy atom. The molecule has 0 radical (unpaired) electrons. The number of carbonyl (C=O) groups is 4. The van der Waals surface area contributed by atoms with Gasteiger partial charge in [0.1, 0.15) is 12.1 Å². The quantitative estimate of drug-likeness (QED) is 0.167. The molecule has 3 heterocycles. The molecule has 3 aliphatic rings. The minimum atomic E-state index is -0.840.